The summed E-state index contributed by atoms with van der Waals surface area (Å²) < 4.78 is 39.6. The van der Waals surface area contributed by atoms with Crippen molar-refractivity contribution in [2.75, 3.05) is 20.8 Å². The van der Waals surface area contributed by atoms with Crippen molar-refractivity contribution in [3.05, 3.63) is 65.7 Å². The fraction of sp³-hybridized carbons (Fsp3) is 0.346. The summed E-state index contributed by atoms with van der Waals surface area (Å²) in [6.07, 6.45) is 2.51. The second kappa shape index (κ2) is 10.0. The number of ether oxygens (including phenoxy) is 2. The van der Waals surface area contributed by atoms with Gasteiger partial charge in [0.25, 0.3) is 5.91 Å². The number of nitrogens with one attached hydrogen (secondary N) is 1. The summed E-state index contributed by atoms with van der Waals surface area (Å²) in [5.74, 6) is 0.656. The van der Waals surface area contributed by atoms with Crippen LogP contribution in [0.5, 0.6) is 11.5 Å². The van der Waals surface area contributed by atoms with Gasteiger partial charge in [0.2, 0.25) is 10.0 Å². The maximum absolute atomic E-state index is 13.4. The lowest BCUT2D eigenvalue weighted by Gasteiger charge is -2.22. The minimum absolute atomic E-state index is 0.0294. The summed E-state index contributed by atoms with van der Waals surface area (Å²) in [7, 11) is -0.675. The maximum Gasteiger partial charge on any atom is 0.253 e. The third kappa shape index (κ3) is 5.18. The van der Waals surface area contributed by atoms with Gasteiger partial charge < -0.3 is 14.4 Å². The minimum atomic E-state index is -3.79. The summed E-state index contributed by atoms with van der Waals surface area (Å²) in [5.41, 5.74) is 1.19. The fourth-order valence-corrected chi connectivity index (χ4v) is 5.36. The highest BCUT2D eigenvalue weighted by Crippen LogP contribution is 2.31. The topological polar surface area (TPSA) is 84.9 Å². The van der Waals surface area contributed by atoms with E-state index >= 15 is 0 Å². The number of carbonyl (C=O) groups is 1. The van der Waals surface area contributed by atoms with E-state index in [0.717, 1.165) is 41.3 Å². The zero-order valence-electron chi connectivity index (χ0n) is 19.7. The van der Waals surface area contributed by atoms with Crippen molar-refractivity contribution in [1.82, 2.24) is 9.62 Å². The summed E-state index contributed by atoms with van der Waals surface area (Å²) in [5, 5.41) is 2.08. The molecule has 0 unspecified atom stereocenters. The lowest BCUT2D eigenvalue weighted by atomic mass is 10.0. The Morgan fingerprint density at radius 3 is 2.53 bits per heavy atom. The van der Waals surface area contributed by atoms with Crippen LogP contribution >= 0.6 is 0 Å². The highest BCUT2D eigenvalue weighted by atomic mass is 32.2. The number of sulfonamides is 1. The van der Waals surface area contributed by atoms with E-state index < -0.39 is 10.0 Å². The van der Waals surface area contributed by atoms with E-state index in [4.69, 9.17) is 9.47 Å². The quantitative estimate of drug-likeness (QED) is 0.464. The molecule has 0 aliphatic heterocycles. The molecule has 3 aromatic carbocycles. The molecule has 180 valence electrons. The highest BCUT2D eigenvalue weighted by Gasteiger charge is 2.30. The van der Waals surface area contributed by atoms with Crippen LogP contribution in [0.2, 0.25) is 0 Å². The summed E-state index contributed by atoms with van der Waals surface area (Å²) in [6.45, 7) is 2.94. The number of hydrogen-bond donors (Lipinski definition) is 1. The zero-order valence-corrected chi connectivity index (χ0v) is 20.5. The molecule has 34 heavy (non-hydrogen) atoms. The summed E-state index contributed by atoms with van der Waals surface area (Å²) >= 11 is 0. The first-order chi connectivity index (χ1) is 16.3. The molecule has 1 aliphatic carbocycles. The number of benzene rings is 3. The Morgan fingerprint density at radius 2 is 1.82 bits per heavy atom. The third-order valence-corrected chi connectivity index (χ3v) is 7.34. The smallest absolute Gasteiger partial charge is 0.253 e. The molecule has 0 heterocycles. The molecular weight excluding hydrogens is 452 g/mol. The number of rotatable bonds is 10. The Kier molecular flexibility index (Phi) is 7.09. The van der Waals surface area contributed by atoms with E-state index in [-0.39, 0.29) is 28.2 Å². The first-order valence-electron chi connectivity index (χ1n) is 11.4. The van der Waals surface area contributed by atoms with Gasteiger partial charge in [0, 0.05) is 30.8 Å². The number of amides is 1. The van der Waals surface area contributed by atoms with Gasteiger partial charge in [0.1, 0.15) is 16.4 Å². The van der Waals surface area contributed by atoms with Gasteiger partial charge in [-0.1, -0.05) is 37.3 Å². The van der Waals surface area contributed by atoms with E-state index in [1.807, 2.05) is 43.3 Å². The molecule has 3 aromatic rings. The zero-order chi connectivity index (χ0) is 24.3. The fourth-order valence-electron chi connectivity index (χ4n) is 3.86. The molecule has 0 spiro atoms. The predicted octanol–water partition coefficient (Wildman–Crippen LogP) is 4.35. The van der Waals surface area contributed by atoms with Crippen molar-refractivity contribution < 1.29 is 22.7 Å². The van der Waals surface area contributed by atoms with Crippen molar-refractivity contribution >= 4 is 26.7 Å². The van der Waals surface area contributed by atoms with Crippen molar-refractivity contribution in [3.63, 3.8) is 0 Å². The Bertz CT molecular complexity index is 1300. The van der Waals surface area contributed by atoms with Crippen LogP contribution < -0.4 is 14.2 Å². The molecule has 0 bridgehead atoms. The number of methoxy groups -OCH3 is 1. The van der Waals surface area contributed by atoms with Gasteiger partial charge in [-0.2, -0.15) is 0 Å². The van der Waals surface area contributed by atoms with Crippen molar-refractivity contribution in [3.8, 4) is 11.5 Å². The second-order valence-electron chi connectivity index (χ2n) is 8.53. The maximum atomic E-state index is 13.4. The molecule has 1 amide bonds. The Labute approximate surface area is 200 Å². The monoisotopic (exact) mass is 482 g/mol. The standard InChI is InChI=1S/C26H30N2O5S/c1-4-15-33-23-13-9-18-7-5-6-8-21(18)22(23)17-28(2)26(29)19-10-14-24(32-3)25(16-19)34(30,31)27-20-11-12-20/h5-10,13-14,16,20,27H,4,11-12,15,17H2,1-3H3. The molecule has 0 saturated heterocycles. The van der Waals surface area contributed by atoms with E-state index in [0.29, 0.717) is 13.2 Å². The highest BCUT2D eigenvalue weighted by molar-refractivity contribution is 7.89. The Hall–Kier alpha value is -3.10. The molecule has 1 saturated carbocycles. The first-order valence-corrected chi connectivity index (χ1v) is 12.9. The first kappa shape index (κ1) is 24.0. The second-order valence-corrected chi connectivity index (χ2v) is 10.2. The largest absolute Gasteiger partial charge is 0.495 e. The van der Waals surface area contributed by atoms with E-state index in [1.165, 1.54) is 19.2 Å². The van der Waals surface area contributed by atoms with E-state index in [9.17, 15) is 13.2 Å². The van der Waals surface area contributed by atoms with Gasteiger partial charge in [-0.25, -0.2) is 13.1 Å². The van der Waals surface area contributed by atoms with Crippen LogP contribution in [0.4, 0.5) is 0 Å². The molecule has 8 heteroatoms. The molecule has 1 fully saturated rings. The van der Waals surface area contributed by atoms with Gasteiger partial charge in [-0.05, 0) is 54.3 Å². The third-order valence-electron chi connectivity index (χ3n) is 5.80. The molecule has 1 aliphatic rings. The van der Waals surface area contributed by atoms with Crippen molar-refractivity contribution in [2.24, 2.45) is 0 Å². The number of hydrogen-bond acceptors (Lipinski definition) is 5. The lowest BCUT2D eigenvalue weighted by Crippen LogP contribution is -2.28. The van der Waals surface area contributed by atoms with Crippen LogP contribution in [0.3, 0.4) is 0 Å². The van der Waals surface area contributed by atoms with Crippen LogP contribution in [-0.4, -0.2) is 46.0 Å². The molecule has 4 rings (SSSR count). The molecule has 1 N–H and O–H groups in total. The average Bonchev–Trinajstić information content (AvgIpc) is 3.65. The van der Waals surface area contributed by atoms with Crippen LogP contribution in [0, 0.1) is 0 Å². The molecule has 0 radical (unpaired) electrons. The predicted molar refractivity (Wildman–Crippen MR) is 132 cm³/mol. The van der Waals surface area contributed by atoms with Crippen molar-refractivity contribution in [2.45, 2.75) is 43.7 Å². The number of nitrogens with zero attached hydrogens (tertiary/aromatic N) is 1. The van der Waals surface area contributed by atoms with Gasteiger partial charge >= 0.3 is 0 Å². The van der Waals surface area contributed by atoms with Crippen LogP contribution in [-0.2, 0) is 16.6 Å². The van der Waals surface area contributed by atoms with Crippen molar-refractivity contribution in [1.29, 1.82) is 0 Å². The Morgan fingerprint density at radius 1 is 1.09 bits per heavy atom. The Balaban J connectivity index is 1.65. The van der Waals surface area contributed by atoms with Gasteiger partial charge in [0.15, 0.2) is 0 Å². The molecule has 7 nitrogen and oxygen atoms in total. The van der Waals surface area contributed by atoms with E-state index in [1.54, 1.807) is 18.0 Å². The van der Waals surface area contributed by atoms with Crippen LogP contribution in [0.25, 0.3) is 10.8 Å². The number of carbonyl (C=O) groups excluding carboxylic acids is 1. The van der Waals surface area contributed by atoms with Gasteiger partial charge in [-0.15, -0.1) is 0 Å². The average molecular weight is 483 g/mol. The summed E-state index contributed by atoms with van der Waals surface area (Å²) in [6, 6.07) is 16.4. The summed E-state index contributed by atoms with van der Waals surface area (Å²) in [4.78, 5) is 14.9. The van der Waals surface area contributed by atoms with E-state index in [2.05, 4.69) is 4.72 Å². The van der Waals surface area contributed by atoms with Crippen LogP contribution in [0.1, 0.15) is 42.1 Å². The minimum Gasteiger partial charge on any atom is -0.495 e. The number of fused-ring (bicyclic) bond motifs is 1. The molecule has 0 aromatic heterocycles. The lowest BCUT2D eigenvalue weighted by molar-refractivity contribution is 0.0784. The molecular formula is C26H30N2O5S. The van der Waals surface area contributed by atoms with Crippen LogP contribution in [0.15, 0.2) is 59.5 Å². The molecule has 0 atom stereocenters. The SMILES string of the molecule is CCCOc1ccc2ccccc2c1CN(C)C(=O)c1ccc(OC)c(S(=O)(=O)NC2CC2)c1. The van der Waals surface area contributed by atoms with Gasteiger partial charge in [0.05, 0.1) is 13.7 Å². The normalized spacial score (nSPS) is 13.6. The van der Waals surface area contributed by atoms with Gasteiger partial charge in [-0.3, -0.25) is 4.79 Å².